The van der Waals surface area contributed by atoms with E-state index >= 15 is 0 Å². The third-order valence-corrected chi connectivity index (χ3v) is 2.85. The van der Waals surface area contributed by atoms with Crippen LogP contribution >= 0.6 is 0 Å². The van der Waals surface area contributed by atoms with E-state index in [2.05, 4.69) is 5.32 Å². The molecule has 2 rings (SSSR count). The summed E-state index contributed by atoms with van der Waals surface area (Å²) >= 11 is 0. The normalized spacial score (nSPS) is 18.2. The zero-order valence-corrected chi connectivity index (χ0v) is 7.72. The van der Waals surface area contributed by atoms with Crippen LogP contribution in [-0.4, -0.2) is 6.04 Å². The van der Waals surface area contributed by atoms with E-state index in [-0.39, 0.29) is 10.9 Å². The molecule has 1 aliphatic carbocycles. The molecule has 1 N–H and O–H groups in total. The van der Waals surface area contributed by atoms with Crippen molar-refractivity contribution in [2.45, 2.75) is 38.6 Å². The third-order valence-electron chi connectivity index (χ3n) is 2.85. The van der Waals surface area contributed by atoms with E-state index in [0.29, 0.717) is 17.3 Å². The van der Waals surface area contributed by atoms with Crippen LogP contribution in [0.1, 0.15) is 31.2 Å². The fraction of sp³-hybridized carbons (Fsp3) is 0.600. The Labute approximate surface area is 76.5 Å². The molecule has 1 fully saturated rings. The molecule has 3 nitrogen and oxygen atoms in total. The zero-order valence-electron chi connectivity index (χ0n) is 7.72. The number of anilines is 1. The van der Waals surface area contributed by atoms with Crippen molar-refractivity contribution in [2.24, 2.45) is 0 Å². The first-order chi connectivity index (χ1) is 6.20. The quantitative estimate of drug-likeness (QED) is 0.687. The van der Waals surface area contributed by atoms with Gasteiger partial charge in [-0.2, -0.15) is 0 Å². The van der Waals surface area contributed by atoms with Crippen molar-refractivity contribution < 1.29 is 0 Å². The molecule has 1 aromatic rings. The van der Waals surface area contributed by atoms with Gasteiger partial charge in [0.25, 0.3) is 0 Å². The smallest absolute Gasteiger partial charge is 0.249 e. The van der Waals surface area contributed by atoms with E-state index in [1.165, 1.54) is 12.8 Å². The largest absolute Gasteiger partial charge is 0.379 e. The highest BCUT2D eigenvalue weighted by atomic mass is 16.2. The molecule has 0 heterocycles. The van der Waals surface area contributed by atoms with Gasteiger partial charge in [-0.25, -0.2) is 0 Å². The van der Waals surface area contributed by atoms with Crippen LogP contribution in [0.2, 0.25) is 0 Å². The second-order valence-corrected chi connectivity index (χ2v) is 3.78. The van der Waals surface area contributed by atoms with Gasteiger partial charge >= 0.3 is 0 Å². The molecule has 3 heteroatoms. The monoisotopic (exact) mass is 179 g/mol. The van der Waals surface area contributed by atoms with Gasteiger partial charge in [-0.15, -0.1) is 0 Å². The van der Waals surface area contributed by atoms with Crippen molar-refractivity contribution in [1.82, 2.24) is 0 Å². The lowest BCUT2D eigenvalue weighted by molar-refractivity contribution is 0.751. The van der Waals surface area contributed by atoms with Crippen LogP contribution in [0.15, 0.2) is 9.59 Å². The minimum atomic E-state index is -0.329. The number of rotatable bonds is 2. The van der Waals surface area contributed by atoms with Gasteiger partial charge in [-0.1, -0.05) is 12.8 Å². The Morgan fingerprint density at radius 1 is 1.15 bits per heavy atom. The number of hydrogen-bond acceptors (Lipinski definition) is 3. The molecule has 0 radical (unpaired) electrons. The molecule has 0 aliphatic heterocycles. The highest BCUT2D eigenvalue weighted by molar-refractivity contribution is 5.56. The second-order valence-electron chi connectivity index (χ2n) is 3.78. The maximum Gasteiger partial charge on any atom is 0.249 e. The molecule has 70 valence electrons. The highest BCUT2D eigenvalue weighted by Crippen LogP contribution is 2.21. The van der Waals surface area contributed by atoms with Crippen LogP contribution in [0.4, 0.5) is 5.69 Å². The first-order valence-electron chi connectivity index (χ1n) is 4.76. The van der Waals surface area contributed by atoms with Crippen LogP contribution in [0.5, 0.6) is 0 Å². The fourth-order valence-electron chi connectivity index (χ4n) is 1.95. The Kier molecular flexibility index (Phi) is 1.94. The minimum absolute atomic E-state index is 0.319. The van der Waals surface area contributed by atoms with Crippen molar-refractivity contribution >= 4 is 5.69 Å². The summed E-state index contributed by atoms with van der Waals surface area (Å²) in [6, 6.07) is 0.419. The molecule has 1 aliphatic rings. The van der Waals surface area contributed by atoms with Gasteiger partial charge in [0.1, 0.15) is 0 Å². The van der Waals surface area contributed by atoms with Crippen LogP contribution in [0.3, 0.4) is 0 Å². The molecule has 1 aromatic carbocycles. The van der Waals surface area contributed by atoms with Crippen molar-refractivity contribution in [2.75, 3.05) is 5.32 Å². The summed E-state index contributed by atoms with van der Waals surface area (Å²) < 4.78 is 0. The van der Waals surface area contributed by atoms with Gasteiger partial charge in [0, 0.05) is 11.6 Å². The van der Waals surface area contributed by atoms with Gasteiger partial charge in [0.2, 0.25) is 10.9 Å². The standard InChI is InChI=1S/C10H13NO2/c1-6-8(10(13)9(6)12)11-7-4-2-3-5-7/h7,11H,2-5H2,1H3. The third kappa shape index (κ3) is 1.28. The molecule has 0 amide bonds. The highest BCUT2D eigenvalue weighted by Gasteiger charge is 2.21. The van der Waals surface area contributed by atoms with Crippen LogP contribution in [-0.2, 0) is 0 Å². The lowest BCUT2D eigenvalue weighted by atomic mass is 10.1. The summed E-state index contributed by atoms with van der Waals surface area (Å²) in [6.07, 6.45) is 4.70. The van der Waals surface area contributed by atoms with E-state index in [0.717, 1.165) is 12.8 Å². The van der Waals surface area contributed by atoms with Crippen LogP contribution in [0.25, 0.3) is 0 Å². The predicted molar refractivity (Wildman–Crippen MR) is 52.0 cm³/mol. The summed E-state index contributed by atoms with van der Waals surface area (Å²) in [6.45, 7) is 1.71. The topological polar surface area (TPSA) is 46.2 Å². The van der Waals surface area contributed by atoms with Gasteiger partial charge < -0.3 is 5.32 Å². The van der Waals surface area contributed by atoms with E-state index < -0.39 is 0 Å². The predicted octanol–water partition coefficient (Wildman–Crippen LogP) is 0.946. The van der Waals surface area contributed by atoms with Crippen molar-refractivity contribution in [3.8, 4) is 0 Å². The van der Waals surface area contributed by atoms with Crippen molar-refractivity contribution in [1.29, 1.82) is 0 Å². The summed E-state index contributed by atoms with van der Waals surface area (Å²) in [5, 5.41) is 3.15. The van der Waals surface area contributed by atoms with Gasteiger partial charge in [0.05, 0.1) is 5.69 Å². The molecule has 1 saturated carbocycles. The molecule has 0 spiro atoms. The Morgan fingerprint density at radius 3 is 2.31 bits per heavy atom. The van der Waals surface area contributed by atoms with Crippen molar-refractivity contribution in [3.63, 3.8) is 0 Å². The first-order valence-corrected chi connectivity index (χ1v) is 4.76. The van der Waals surface area contributed by atoms with Gasteiger partial charge in [-0.3, -0.25) is 9.59 Å². The molecular weight excluding hydrogens is 166 g/mol. The Bertz CT molecular complexity index is 381. The zero-order chi connectivity index (χ0) is 9.42. The molecule has 0 bridgehead atoms. The lowest BCUT2D eigenvalue weighted by Crippen LogP contribution is -2.38. The molecule has 0 aromatic heterocycles. The van der Waals surface area contributed by atoms with E-state index in [1.807, 2.05) is 0 Å². The minimum Gasteiger partial charge on any atom is -0.379 e. The maximum absolute atomic E-state index is 11.1. The molecule has 0 saturated heterocycles. The lowest BCUT2D eigenvalue weighted by Gasteiger charge is -2.15. The fourth-order valence-corrected chi connectivity index (χ4v) is 1.95. The molecule has 0 unspecified atom stereocenters. The van der Waals surface area contributed by atoms with Gasteiger partial charge in [0.15, 0.2) is 0 Å². The molecule has 13 heavy (non-hydrogen) atoms. The number of nitrogens with one attached hydrogen (secondary N) is 1. The van der Waals surface area contributed by atoms with Crippen LogP contribution < -0.4 is 16.2 Å². The molecule has 0 atom stereocenters. The average Bonchev–Trinajstić information content (AvgIpc) is 2.65. The van der Waals surface area contributed by atoms with E-state index in [1.54, 1.807) is 6.92 Å². The molecular formula is C10H13NO2. The average molecular weight is 179 g/mol. The Balaban J connectivity index is 2.10. The van der Waals surface area contributed by atoms with Gasteiger partial charge in [-0.05, 0) is 19.8 Å². The SMILES string of the molecule is Cc1c(NC2CCCC2)c(=O)c1=O. The Morgan fingerprint density at radius 2 is 1.77 bits per heavy atom. The first kappa shape index (κ1) is 8.48. The van der Waals surface area contributed by atoms with Crippen LogP contribution in [0, 0.1) is 6.92 Å². The number of hydrogen-bond donors (Lipinski definition) is 1. The second kappa shape index (κ2) is 2.98. The Hall–Kier alpha value is -1.12. The van der Waals surface area contributed by atoms with Crippen molar-refractivity contribution in [3.05, 3.63) is 26.0 Å². The summed E-state index contributed by atoms with van der Waals surface area (Å²) in [7, 11) is 0. The van der Waals surface area contributed by atoms with E-state index in [9.17, 15) is 9.59 Å². The summed E-state index contributed by atoms with van der Waals surface area (Å²) in [4.78, 5) is 22.0. The summed E-state index contributed by atoms with van der Waals surface area (Å²) in [5.74, 6) is 0. The maximum atomic E-state index is 11.1. The summed E-state index contributed by atoms with van der Waals surface area (Å²) in [5.41, 5.74) is 0.527. The van der Waals surface area contributed by atoms with E-state index in [4.69, 9.17) is 0 Å².